The highest BCUT2D eigenvalue weighted by molar-refractivity contribution is 6.04. The van der Waals surface area contributed by atoms with Gasteiger partial charge in [0, 0.05) is 50.7 Å². The minimum Gasteiger partial charge on any atom is -0.494 e. The Kier molecular flexibility index (Phi) is 6.55. The molecule has 1 aromatic heterocycles. The predicted octanol–water partition coefficient (Wildman–Crippen LogP) is 5.02. The summed E-state index contributed by atoms with van der Waals surface area (Å²) in [4.78, 5) is 20.3. The van der Waals surface area contributed by atoms with Gasteiger partial charge in [-0.1, -0.05) is 12.1 Å². The van der Waals surface area contributed by atoms with Crippen molar-refractivity contribution in [2.45, 2.75) is 12.7 Å². The van der Waals surface area contributed by atoms with Gasteiger partial charge in [-0.25, -0.2) is 4.98 Å². The number of nitrogens with zero attached hydrogens (tertiary/aromatic N) is 3. The zero-order valence-electron chi connectivity index (χ0n) is 20.4. The molecule has 2 aliphatic rings. The van der Waals surface area contributed by atoms with E-state index in [9.17, 15) is 18.0 Å². The number of hydrogen-bond donors (Lipinski definition) is 2. The first-order chi connectivity index (χ1) is 17.7. The minimum absolute atomic E-state index is 0.184. The molecule has 1 fully saturated rings. The number of methoxy groups -OCH3 is 1. The highest BCUT2D eigenvalue weighted by Gasteiger charge is 2.35. The van der Waals surface area contributed by atoms with Crippen molar-refractivity contribution in [3.8, 4) is 5.75 Å². The summed E-state index contributed by atoms with van der Waals surface area (Å²) in [6.07, 6.45) is -3.87. The number of nitrogens with one attached hydrogen (secondary N) is 2. The fourth-order valence-corrected chi connectivity index (χ4v) is 4.54. The SMILES string of the molecule is COc1cc(N2CCOCC2)ccc1Nc1cc(Nc2cccc3c2C(=O)N(C)C3)c(C(F)(F)F)cn1. The Hall–Kier alpha value is -3.99. The van der Waals surface area contributed by atoms with Crippen molar-refractivity contribution in [3.05, 3.63) is 65.4 Å². The molecule has 8 nitrogen and oxygen atoms in total. The van der Waals surface area contributed by atoms with E-state index in [1.54, 1.807) is 31.3 Å². The van der Waals surface area contributed by atoms with E-state index >= 15 is 0 Å². The number of halogens is 3. The fraction of sp³-hybridized carbons (Fsp3) is 0.308. The molecule has 2 aliphatic heterocycles. The molecule has 3 heterocycles. The molecule has 2 aromatic carbocycles. The van der Waals surface area contributed by atoms with Crippen LogP contribution in [0.5, 0.6) is 5.75 Å². The van der Waals surface area contributed by atoms with Gasteiger partial charge >= 0.3 is 6.18 Å². The molecule has 11 heteroatoms. The maximum absolute atomic E-state index is 13.9. The van der Waals surface area contributed by atoms with Gasteiger partial charge in [-0.2, -0.15) is 13.2 Å². The first-order valence-electron chi connectivity index (χ1n) is 11.7. The van der Waals surface area contributed by atoms with E-state index in [1.165, 1.54) is 18.1 Å². The highest BCUT2D eigenvalue weighted by atomic mass is 19.4. The molecule has 1 saturated heterocycles. The second-order valence-corrected chi connectivity index (χ2v) is 8.85. The van der Waals surface area contributed by atoms with E-state index in [4.69, 9.17) is 9.47 Å². The lowest BCUT2D eigenvalue weighted by Crippen LogP contribution is -2.36. The summed E-state index contributed by atoms with van der Waals surface area (Å²) in [6, 6.07) is 12.0. The fourth-order valence-electron chi connectivity index (χ4n) is 4.54. The van der Waals surface area contributed by atoms with Gasteiger partial charge < -0.3 is 29.9 Å². The number of benzene rings is 2. The Labute approximate surface area is 212 Å². The third kappa shape index (κ3) is 4.99. The Morgan fingerprint density at radius 3 is 2.54 bits per heavy atom. The molecule has 0 bridgehead atoms. The Morgan fingerprint density at radius 1 is 1.03 bits per heavy atom. The van der Waals surface area contributed by atoms with Crippen LogP contribution in [0, 0.1) is 0 Å². The third-order valence-corrected chi connectivity index (χ3v) is 6.42. The zero-order valence-corrected chi connectivity index (χ0v) is 20.4. The molecular formula is C26H26F3N5O3. The van der Waals surface area contributed by atoms with Crippen molar-refractivity contribution < 1.29 is 27.4 Å². The first-order valence-corrected chi connectivity index (χ1v) is 11.7. The number of pyridine rings is 1. The first kappa shape index (κ1) is 24.7. The van der Waals surface area contributed by atoms with E-state index in [0.717, 1.165) is 30.5 Å². The number of hydrogen-bond acceptors (Lipinski definition) is 7. The monoisotopic (exact) mass is 513 g/mol. The van der Waals surface area contributed by atoms with Crippen LogP contribution in [0.15, 0.2) is 48.7 Å². The normalized spacial score (nSPS) is 15.5. The van der Waals surface area contributed by atoms with Crippen molar-refractivity contribution in [2.75, 3.05) is 56.0 Å². The van der Waals surface area contributed by atoms with Crippen LogP contribution >= 0.6 is 0 Å². The summed E-state index contributed by atoms with van der Waals surface area (Å²) in [7, 11) is 3.18. The van der Waals surface area contributed by atoms with Crippen LogP contribution in [0.2, 0.25) is 0 Å². The summed E-state index contributed by atoms with van der Waals surface area (Å²) in [6.45, 7) is 3.19. The number of rotatable bonds is 6. The van der Waals surface area contributed by atoms with Crippen molar-refractivity contribution in [1.29, 1.82) is 0 Å². The number of alkyl halides is 3. The van der Waals surface area contributed by atoms with Gasteiger partial charge in [-0.15, -0.1) is 0 Å². The molecule has 0 saturated carbocycles. The maximum atomic E-state index is 13.9. The van der Waals surface area contributed by atoms with Gasteiger partial charge in [0.2, 0.25) is 0 Å². The number of morpholine rings is 1. The largest absolute Gasteiger partial charge is 0.494 e. The van der Waals surface area contributed by atoms with Crippen molar-refractivity contribution in [2.24, 2.45) is 0 Å². The number of aromatic nitrogens is 1. The number of anilines is 5. The summed E-state index contributed by atoms with van der Waals surface area (Å²) in [5.74, 6) is 0.461. The lowest BCUT2D eigenvalue weighted by atomic mass is 10.1. The Morgan fingerprint density at radius 2 is 1.81 bits per heavy atom. The van der Waals surface area contributed by atoms with E-state index in [-0.39, 0.29) is 17.4 Å². The molecular weight excluding hydrogens is 487 g/mol. The molecule has 2 N–H and O–H groups in total. The molecule has 194 valence electrons. The second-order valence-electron chi connectivity index (χ2n) is 8.85. The van der Waals surface area contributed by atoms with Crippen molar-refractivity contribution in [1.82, 2.24) is 9.88 Å². The quantitative estimate of drug-likeness (QED) is 0.479. The van der Waals surface area contributed by atoms with E-state index in [2.05, 4.69) is 20.5 Å². The van der Waals surface area contributed by atoms with E-state index < -0.39 is 11.7 Å². The molecule has 37 heavy (non-hydrogen) atoms. The number of amides is 1. The molecule has 0 spiro atoms. The van der Waals surface area contributed by atoms with Crippen LogP contribution in [0.25, 0.3) is 0 Å². The Bertz CT molecular complexity index is 1330. The van der Waals surface area contributed by atoms with Gasteiger partial charge in [0.15, 0.2) is 0 Å². The summed E-state index contributed by atoms with van der Waals surface area (Å²) in [5.41, 5.74) is 1.78. The average molecular weight is 514 g/mol. The van der Waals surface area contributed by atoms with Crippen LogP contribution in [0.4, 0.5) is 41.7 Å². The summed E-state index contributed by atoms with van der Waals surface area (Å²) < 4.78 is 52.5. The lowest BCUT2D eigenvalue weighted by Gasteiger charge is -2.29. The van der Waals surface area contributed by atoms with Crippen molar-refractivity contribution >= 4 is 34.5 Å². The second kappa shape index (κ2) is 9.81. The van der Waals surface area contributed by atoms with Gasteiger partial charge in [-0.05, 0) is 23.8 Å². The van der Waals surface area contributed by atoms with Crippen LogP contribution in [0.1, 0.15) is 21.5 Å². The molecule has 0 unspecified atom stereocenters. The van der Waals surface area contributed by atoms with Gasteiger partial charge in [0.05, 0.1) is 48.5 Å². The van der Waals surface area contributed by atoms with Gasteiger partial charge in [0.1, 0.15) is 11.6 Å². The van der Waals surface area contributed by atoms with Gasteiger partial charge in [0.25, 0.3) is 5.91 Å². The number of carbonyl (C=O) groups excluding carboxylic acids is 1. The van der Waals surface area contributed by atoms with Crippen LogP contribution in [0.3, 0.4) is 0 Å². The summed E-state index contributed by atoms with van der Waals surface area (Å²) >= 11 is 0. The highest BCUT2D eigenvalue weighted by Crippen LogP contribution is 2.40. The molecule has 1 amide bonds. The molecule has 0 aliphatic carbocycles. The molecule has 0 radical (unpaired) electrons. The van der Waals surface area contributed by atoms with E-state index in [1.807, 2.05) is 12.1 Å². The van der Waals surface area contributed by atoms with Crippen LogP contribution < -0.4 is 20.3 Å². The number of carbonyl (C=O) groups is 1. The Balaban J connectivity index is 1.46. The standard InChI is InChI=1S/C26H26F3N5O3/c1-33-15-16-4-3-5-20(24(16)25(33)35)31-21-13-23(30-14-18(21)26(27,28)29)32-19-7-6-17(12-22(19)36-2)34-8-10-37-11-9-34/h3-7,12-14H,8-11,15H2,1-2H3,(H2,30,31,32). The average Bonchev–Trinajstić information content (AvgIpc) is 3.18. The van der Waals surface area contributed by atoms with Crippen LogP contribution in [-0.4, -0.2) is 56.3 Å². The summed E-state index contributed by atoms with van der Waals surface area (Å²) in [5, 5.41) is 5.90. The molecule has 5 rings (SSSR count). The van der Waals surface area contributed by atoms with Gasteiger partial charge in [-0.3, -0.25) is 4.79 Å². The number of fused-ring (bicyclic) bond motifs is 1. The maximum Gasteiger partial charge on any atom is 0.419 e. The zero-order chi connectivity index (χ0) is 26.2. The topological polar surface area (TPSA) is 79.0 Å². The third-order valence-electron chi connectivity index (χ3n) is 6.42. The lowest BCUT2D eigenvalue weighted by molar-refractivity contribution is -0.137. The van der Waals surface area contributed by atoms with Crippen molar-refractivity contribution in [3.63, 3.8) is 0 Å². The molecule has 0 atom stereocenters. The van der Waals surface area contributed by atoms with E-state index in [0.29, 0.717) is 42.4 Å². The number of ether oxygens (including phenoxy) is 2. The van der Waals surface area contributed by atoms with Crippen LogP contribution in [-0.2, 0) is 17.5 Å². The minimum atomic E-state index is -4.65. The smallest absolute Gasteiger partial charge is 0.419 e. The molecule has 3 aromatic rings. The predicted molar refractivity (Wildman–Crippen MR) is 134 cm³/mol.